The van der Waals surface area contributed by atoms with Crippen molar-refractivity contribution in [3.63, 3.8) is 0 Å². The molecule has 0 fully saturated rings. The van der Waals surface area contributed by atoms with Crippen molar-refractivity contribution in [1.29, 1.82) is 0 Å². The fourth-order valence-electron chi connectivity index (χ4n) is 2.56. The average molecular weight is 420 g/mol. The molecule has 156 valence electrons. The SMILES string of the molecule is CCOc1ccc(CC(=O)Nc2ccc(S(=O)(=O)NC(C)=O)cc2)cc1OCC. The lowest BCUT2D eigenvalue weighted by Crippen LogP contribution is -2.28. The van der Waals surface area contributed by atoms with Gasteiger partial charge in [-0.1, -0.05) is 6.07 Å². The van der Waals surface area contributed by atoms with Crippen LogP contribution in [0.25, 0.3) is 0 Å². The second kappa shape index (κ2) is 9.92. The number of carbonyl (C=O) groups excluding carboxylic acids is 2. The average Bonchev–Trinajstić information content (AvgIpc) is 2.63. The number of hydrogen-bond acceptors (Lipinski definition) is 6. The Kier molecular flexibility index (Phi) is 7.60. The molecule has 2 amide bonds. The van der Waals surface area contributed by atoms with Crippen molar-refractivity contribution in [2.45, 2.75) is 32.1 Å². The van der Waals surface area contributed by atoms with Gasteiger partial charge in [0.25, 0.3) is 10.0 Å². The van der Waals surface area contributed by atoms with Gasteiger partial charge in [0.1, 0.15) is 0 Å². The van der Waals surface area contributed by atoms with Crippen LogP contribution in [0, 0.1) is 0 Å². The maximum atomic E-state index is 12.3. The lowest BCUT2D eigenvalue weighted by atomic mass is 10.1. The van der Waals surface area contributed by atoms with Crippen molar-refractivity contribution in [1.82, 2.24) is 4.72 Å². The lowest BCUT2D eigenvalue weighted by molar-refractivity contribution is -0.117. The second-order valence-electron chi connectivity index (χ2n) is 6.06. The molecule has 0 bridgehead atoms. The highest BCUT2D eigenvalue weighted by Crippen LogP contribution is 2.28. The summed E-state index contributed by atoms with van der Waals surface area (Å²) < 4.78 is 36.8. The van der Waals surface area contributed by atoms with E-state index in [2.05, 4.69) is 5.32 Å². The first-order valence-electron chi connectivity index (χ1n) is 9.07. The smallest absolute Gasteiger partial charge is 0.264 e. The lowest BCUT2D eigenvalue weighted by Gasteiger charge is -2.12. The molecule has 0 aromatic heterocycles. The molecule has 2 N–H and O–H groups in total. The predicted molar refractivity (Wildman–Crippen MR) is 109 cm³/mol. The van der Waals surface area contributed by atoms with Crippen LogP contribution >= 0.6 is 0 Å². The Balaban J connectivity index is 2.05. The van der Waals surface area contributed by atoms with Crippen LogP contribution in [0.4, 0.5) is 5.69 Å². The number of rotatable bonds is 9. The van der Waals surface area contributed by atoms with Gasteiger partial charge in [-0.2, -0.15) is 0 Å². The molecule has 0 saturated carbocycles. The molecule has 29 heavy (non-hydrogen) atoms. The zero-order valence-electron chi connectivity index (χ0n) is 16.5. The Morgan fingerprint density at radius 3 is 2.14 bits per heavy atom. The van der Waals surface area contributed by atoms with Gasteiger partial charge in [-0.3, -0.25) is 9.59 Å². The van der Waals surface area contributed by atoms with Crippen molar-refractivity contribution in [3.8, 4) is 11.5 Å². The van der Waals surface area contributed by atoms with Crippen LogP contribution in [0.15, 0.2) is 47.4 Å². The minimum absolute atomic E-state index is 0.0708. The molecule has 0 spiro atoms. The zero-order valence-corrected chi connectivity index (χ0v) is 17.3. The molecule has 2 rings (SSSR count). The Labute approximate surface area is 170 Å². The van der Waals surface area contributed by atoms with Crippen LogP contribution in [0.1, 0.15) is 26.3 Å². The summed E-state index contributed by atoms with van der Waals surface area (Å²) in [5.74, 6) is 0.250. The number of anilines is 1. The third kappa shape index (κ3) is 6.49. The number of benzene rings is 2. The minimum Gasteiger partial charge on any atom is -0.490 e. The summed E-state index contributed by atoms with van der Waals surface area (Å²) in [5.41, 5.74) is 1.19. The fraction of sp³-hybridized carbons (Fsp3) is 0.300. The molecule has 0 radical (unpaired) electrons. The van der Waals surface area contributed by atoms with E-state index in [1.54, 1.807) is 18.2 Å². The van der Waals surface area contributed by atoms with Crippen LogP contribution in [-0.2, 0) is 26.0 Å². The van der Waals surface area contributed by atoms with Crippen LogP contribution < -0.4 is 19.5 Å². The summed E-state index contributed by atoms with van der Waals surface area (Å²) in [6.45, 7) is 5.84. The van der Waals surface area contributed by atoms with E-state index in [9.17, 15) is 18.0 Å². The summed E-state index contributed by atoms with van der Waals surface area (Å²) >= 11 is 0. The third-order valence-electron chi connectivity index (χ3n) is 3.70. The zero-order chi connectivity index (χ0) is 21.4. The van der Waals surface area contributed by atoms with E-state index in [-0.39, 0.29) is 17.2 Å². The van der Waals surface area contributed by atoms with Gasteiger partial charge in [0.05, 0.1) is 24.5 Å². The molecule has 0 unspecified atom stereocenters. The molecule has 0 heterocycles. The second-order valence-corrected chi connectivity index (χ2v) is 7.74. The van der Waals surface area contributed by atoms with Gasteiger partial charge >= 0.3 is 0 Å². The van der Waals surface area contributed by atoms with Crippen molar-refractivity contribution >= 4 is 27.5 Å². The quantitative estimate of drug-likeness (QED) is 0.645. The summed E-state index contributed by atoms with van der Waals surface area (Å²) in [6, 6.07) is 10.8. The van der Waals surface area contributed by atoms with Gasteiger partial charge in [0, 0.05) is 12.6 Å². The molecule has 2 aromatic carbocycles. The highest BCUT2D eigenvalue weighted by atomic mass is 32.2. The van der Waals surface area contributed by atoms with Gasteiger partial charge in [-0.25, -0.2) is 13.1 Å². The molecule has 9 heteroatoms. The summed E-state index contributed by atoms with van der Waals surface area (Å²) in [5, 5.41) is 2.71. The van der Waals surface area contributed by atoms with Crippen LogP contribution in [0.3, 0.4) is 0 Å². The minimum atomic E-state index is -3.91. The van der Waals surface area contributed by atoms with E-state index in [4.69, 9.17) is 9.47 Å². The maximum Gasteiger partial charge on any atom is 0.264 e. The molecule has 0 aliphatic carbocycles. The fourth-order valence-corrected chi connectivity index (χ4v) is 3.55. The summed E-state index contributed by atoms with van der Waals surface area (Å²) in [6.07, 6.45) is 0.110. The van der Waals surface area contributed by atoms with Crippen molar-refractivity contribution in [2.75, 3.05) is 18.5 Å². The molecule has 0 saturated heterocycles. The van der Waals surface area contributed by atoms with E-state index < -0.39 is 15.9 Å². The summed E-state index contributed by atoms with van der Waals surface area (Å²) in [4.78, 5) is 23.2. The molecule has 0 atom stereocenters. The molecular weight excluding hydrogens is 396 g/mol. The molecule has 2 aromatic rings. The number of ether oxygens (including phenoxy) is 2. The predicted octanol–water partition coefficient (Wildman–Crippen LogP) is 2.49. The Bertz CT molecular complexity index is 971. The van der Waals surface area contributed by atoms with Crippen LogP contribution in [0.5, 0.6) is 11.5 Å². The van der Waals surface area contributed by atoms with Crippen molar-refractivity contribution in [2.24, 2.45) is 0 Å². The molecular formula is C20H24N2O6S. The van der Waals surface area contributed by atoms with E-state index in [0.717, 1.165) is 12.5 Å². The number of carbonyl (C=O) groups is 2. The Morgan fingerprint density at radius 2 is 1.55 bits per heavy atom. The number of hydrogen-bond donors (Lipinski definition) is 2. The van der Waals surface area contributed by atoms with Gasteiger partial charge in [0.2, 0.25) is 11.8 Å². The van der Waals surface area contributed by atoms with Crippen LogP contribution in [-0.4, -0.2) is 33.4 Å². The maximum absolute atomic E-state index is 12.3. The van der Waals surface area contributed by atoms with Crippen molar-refractivity contribution in [3.05, 3.63) is 48.0 Å². The number of nitrogens with one attached hydrogen (secondary N) is 2. The first kappa shape index (κ1) is 22.2. The van der Waals surface area contributed by atoms with Gasteiger partial charge in [-0.15, -0.1) is 0 Å². The first-order valence-corrected chi connectivity index (χ1v) is 10.5. The largest absolute Gasteiger partial charge is 0.490 e. The highest BCUT2D eigenvalue weighted by Gasteiger charge is 2.15. The van der Waals surface area contributed by atoms with Gasteiger partial charge < -0.3 is 14.8 Å². The van der Waals surface area contributed by atoms with Gasteiger partial charge in [-0.05, 0) is 55.8 Å². The van der Waals surface area contributed by atoms with E-state index in [0.29, 0.717) is 30.4 Å². The number of sulfonamides is 1. The Morgan fingerprint density at radius 1 is 0.931 bits per heavy atom. The molecule has 8 nitrogen and oxygen atoms in total. The standard InChI is InChI=1S/C20H24N2O6S/c1-4-27-18-11-6-15(12-19(18)28-5-2)13-20(24)21-16-7-9-17(10-8-16)29(25,26)22-14(3)23/h6-12H,4-5,13H2,1-3H3,(H,21,24)(H,22,23). The van der Waals surface area contributed by atoms with E-state index in [1.807, 2.05) is 18.6 Å². The Hall–Kier alpha value is -3.07. The van der Waals surface area contributed by atoms with Gasteiger partial charge in [0.15, 0.2) is 11.5 Å². The molecule has 0 aliphatic heterocycles. The summed E-state index contributed by atoms with van der Waals surface area (Å²) in [7, 11) is -3.91. The number of amides is 2. The normalized spacial score (nSPS) is 10.9. The van der Waals surface area contributed by atoms with E-state index in [1.165, 1.54) is 24.3 Å². The topological polar surface area (TPSA) is 111 Å². The van der Waals surface area contributed by atoms with E-state index >= 15 is 0 Å². The third-order valence-corrected chi connectivity index (χ3v) is 5.15. The first-order chi connectivity index (χ1) is 13.7. The van der Waals surface area contributed by atoms with Crippen molar-refractivity contribution < 1.29 is 27.5 Å². The molecule has 0 aliphatic rings. The van der Waals surface area contributed by atoms with Crippen LogP contribution in [0.2, 0.25) is 0 Å². The monoisotopic (exact) mass is 420 g/mol. The highest BCUT2D eigenvalue weighted by molar-refractivity contribution is 7.90.